The minimum absolute atomic E-state index is 0.0695. The van der Waals surface area contributed by atoms with Crippen molar-refractivity contribution in [3.05, 3.63) is 34.9 Å². The Labute approximate surface area is 120 Å². The van der Waals surface area contributed by atoms with Gasteiger partial charge in [-0.05, 0) is 37.5 Å². The van der Waals surface area contributed by atoms with Crippen LogP contribution in [-0.2, 0) is 10.3 Å². The molecule has 1 atom stereocenters. The first-order valence-electron chi connectivity index (χ1n) is 6.47. The van der Waals surface area contributed by atoms with Crippen molar-refractivity contribution in [3.63, 3.8) is 0 Å². The lowest BCUT2D eigenvalue weighted by molar-refractivity contribution is -0.125. The number of nitrogens with one attached hydrogen (secondary N) is 1. The Kier molecular flexibility index (Phi) is 5.39. The quantitative estimate of drug-likeness (QED) is 0.872. The predicted octanol–water partition coefficient (Wildman–Crippen LogP) is 3.10. The third-order valence-electron chi connectivity index (χ3n) is 3.16. The van der Waals surface area contributed by atoms with Crippen molar-refractivity contribution >= 4 is 17.5 Å². The normalized spacial score (nSPS) is 13.4. The molecule has 1 aromatic rings. The molecule has 1 unspecified atom stereocenters. The molecule has 0 aliphatic carbocycles. The third-order valence-corrected chi connectivity index (χ3v) is 3.40. The number of halogens is 1. The zero-order valence-corrected chi connectivity index (χ0v) is 12.7. The Hall–Kier alpha value is -1.06. The highest BCUT2D eigenvalue weighted by atomic mass is 35.5. The van der Waals surface area contributed by atoms with Crippen molar-refractivity contribution in [3.8, 4) is 0 Å². The number of carbonyl (C=O) groups excluding carboxylic acids is 1. The second-order valence-electron chi connectivity index (χ2n) is 5.70. The van der Waals surface area contributed by atoms with Gasteiger partial charge in [-0.1, -0.05) is 37.6 Å². The first-order chi connectivity index (χ1) is 8.72. The van der Waals surface area contributed by atoms with Gasteiger partial charge in [0.05, 0.1) is 18.1 Å². The van der Waals surface area contributed by atoms with Crippen LogP contribution >= 0.6 is 11.6 Å². The maximum absolute atomic E-state index is 11.9. The molecule has 0 aliphatic rings. The molecule has 3 nitrogen and oxygen atoms in total. The van der Waals surface area contributed by atoms with Gasteiger partial charge in [-0.2, -0.15) is 0 Å². The minimum Gasteiger partial charge on any atom is -0.392 e. The largest absolute Gasteiger partial charge is 0.392 e. The van der Waals surface area contributed by atoms with E-state index < -0.39 is 11.6 Å². The number of carbonyl (C=O) groups is 1. The van der Waals surface area contributed by atoms with Crippen LogP contribution in [0.25, 0.3) is 0 Å². The molecular formula is C15H22ClNO2. The zero-order valence-electron chi connectivity index (χ0n) is 11.9. The summed E-state index contributed by atoms with van der Waals surface area (Å²) in [5, 5.41) is 13.3. The average Bonchev–Trinajstić information content (AvgIpc) is 2.27. The zero-order chi connectivity index (χ0) is 14.6. The summed E-state index contributed by atoms with van der Waals surface area (Å²) in [5.41, 5.74) is 0.422. The number of rotatable bonds is 5. The van der Waals surface area contributed by atoms with Crippen molar-refractivity contribution in [2.45, 2.75) is 45.8 Å². The van der Waals surface area contributed by atoms with E-state index in [9.17, 15) is 9.90 Å². The van der Waals surface area contributed by atoms with Gasteiger partial charge in [0.25, 0.3) is 0 Å². The SMILES string of the molecule is CC(C)C(O)CC(=O)NC(C)(C)c1cccc(Cl)c1. The van der Waals surface area contributed by atoms with Crippen LogP contribution < -0.4 is 5.32 Å². The molecule has 0 aliphatic heterocycles. The maximum atomic E-state index is 11.9. The Morgan fingerprint density at radius 1 is 1.42 bits per heavy atom. The van der Waals surface area contributed by atoms with Crippen LogP contribution in [0, 0.1) is 5.92 Å². The molecule has 2 N–H and O–H groups in total. The van der Waals surface area contributed by atoms with Gasteiger partial charge in [-0.25, -0.2) is 0 Å². The van der Waals surface area contributed by atoms with Gasteiger partial charge >= 0.3 is 0 Å². The van der Waals surface area contributed by atoms with E-state index in [0.717, 1.165) is 5.56 Å². The summed E-state index contributed by atoms with van der Waals surface area (Å²) in [6.07, 6.45) is -0.503. The number of amides is 1. The van der Waals surface area contributed by atoms with Crippen LogP contribution in [0.4, 0.5) is 0 Å². The van der Waals surface area contributed by atoms with E-state index in [-0.39, 0.29) is 18.2 Å². The van der Waals surface area contributed by atoms with Gasteiger partial charge < -0.3 is 10.4 Å². The number of aliphatic hydroxyl groups excluding tert-OH is 1. The minimum atomic E-state index is -0.616. The van der Waals surface area contributed by atoms with Gasteiger partial charge in [0.1, 0.15) is 0 Å². The predicted molar refractivity (Wildman–Crippen MR) is 78.1 cm³/mol. The molecule has 106 valence electrons. The Bertz CT molecular complexity index is 444. The number of benzene rings is 1. The van der Waals surface area contributed by atoms with Crippen molar-refractivity contribution in [2.75, 3.05) is 0 Å². The second kappa shape index (κ2) is 6.40. The van der Waals surface area contributed by atoms with E-state index >= 15 is 0 Å². The molecule has 1 amide bonds. The van der Waals surface area contributed by atoms with Crippen LogP contribution in [0.15, 0.2) is 24.3 Å². The topological polar surface area (TPSA) is 49.3 Å². The van der Waals surface area contributed by atoms with Crippen molar-refractivity contribution < 1.29 is 9.90 Å². The summed E-state index contributed by atoms with van der Waals surface area (Å²) >= 11 is 5.96. The molecule has 0 bridgehead atoms. The first kappa shape index (κ1) is 16.0. The highest BCUT2D eigenvalue weighted by molar-refractivity contribution is 6.30. The first-order valence-corrected chi connectivity index (χ1v) is 6.85. The molecule has 0 saturated heterocycles. The summed E-state index contributed by atoms with van der Waals surface area (Å²) in [6.45, 7) is 7.61. The Balaban J connectivity index is 2.71. The standard InChI is InChI=1S/C15H22ClNO2/c1-10(2)13(18)9-14(19)17-15(3,4)11-6-5-7-12(16)8-11/h5-8,10,13,18H,9H2,1-4H3,(H,17,19). The van der Waals surface area contributed by atoms with E-state index in [4.69, 9.17) is 11.6 Å². The molecule has 0 saturated carbocycles. The van der Waals surface area contributed by atoms with E-state index in [1.54, 1.807) is 6.07 Å². The molecule has 0 fully saturated rings. The summed E-state index contributed by atoms with van der Waals surface area (Å²) in [6, 6.07) is 7.41. The van der Waals surface area contributed by atoms with Crippen LogP contribution in [0.3, 0.4) is 0 Å². The Morgan fingerprint density at radius 3 is 2.58 bits per heavy atom. The molecule has 19 heavy (non-hydrogen) atoms. The summed E-state index contributed by atoms with van der Waals surface area (Å²) < 4.78 is 0. The highest BCUT2D eigenvalue weighted by Gasteiger charge is 2.24. The van der Waals surface area contributed by atoms with Gasteiger partial charge in [0, 0.05) is 5.02 Å². The molecule has 1 rings (SSSR count). The Morgan fingerprint density at radius 2 is 2.05 bits per heavy atom. The number of hydrogen-bond donors (Lipinski definition) is 2. The van der Waals surface area contributed by atoms with Gasteiger partial charge in [-0.3, -0.25) is 4.79 Å². The van der Waals surface area contributed by atoms with Crippen LogP contribution in [0.1, 0.15) is 39.7 Å². The third kappa shape index (κ3) is 4.84. The van der Waals surface area contributed by atoms with E-state index in [1.807, 2.05) is 45.9 Å². The van der Waals surface area contributed by atoms with Crippen LogP contribution in [0.5, 0.6) is 0 Å². The highest BCUT2D eigenvalue weighted by Crippen LogP contribution is 2.23. The lowest BCUT2D eigenvalue weighted by atomic mass is 9.93. The number of hydrogen-bond acceptors (Lipinski definition) is 2. The number of aliphatic hydroxyl groups is 1. The molecule has 0 radical (unpaired) electrons. The fraction of sp³-hybridized carbons (Fsp3) is 0.533. The van der Waals surface area contributed by atoms with E-state index in [0.29, 0.717) is 5.02 Å². The molecule has 0 spiro atoms. The molecule has 1 aromatic carbocycles. The summed E-state index contributed by atoms with van der Waals surface area (Å²) in [7, 11) is 0. The molecule has 0 heterocycles. The van der Waals surface area contributed by atoms with Crippen LogP contribution in [-0.4, -0.2) is 17.1 Å². The van der Waals surface area contributed by atoms with Gasteiger partial charge in [0.2, 0.25) is 5.91 Å². The lowest BCUT2D eigenvalue weighted by Gasteiger charge is -2.28. The van der Waals surface area contributed by atoms with Gasteiger partial charge in [0.15, 0.2) is 0 Å². The van der Waals surface area contributed by atoms with Crippen molar-refractivity contribution in [1.29, 1.82) is 0 Å². The second-order valence-corrected chi connectivity index (χ2v) is 6.14. The maximum Gasteiger partial charge on any atom is 0.223 e. The average molecular weight is 284 g/mol. The summed E-state index contributed by atoms with van der Waals surface area (Å²) in [4.78, 5) is 11.9. The fourth-order valence-electron chi connectivity index (χ4n) is 1.77. The van der Waals surface area contributed by atoms with E-state index in [2.05, 4.69) is 5.32 Å². The fourth-order valence-corrected chi connectivity index (χ4v) is 1.96. The van der Waals surface area contributed by atoms with E-state index in [1.165, 1.54) is 0 Å². The lowest BCUT2D eigenvalue weighted by Crippen LogP contribution is -2.42. The van der Waals surface area contributed by atoms with Crippen molar-refractivity contribution in [2.24, 2.45) is 5.92 Å². The molecular weight excluding hydrogens is 262 g/mol. The van der Waals surface area contributed by atoms with Gasteiger partial charge in [-0.15, -0.1) is 0 Å². The summed E-state index contributed by atoms with van der Waals surface area (Å²) in [5.74, 6) is -0.0915. The molecule has 0 aromatic heterocycles. The molecule has 4 heteroatoms. The monoisotopic (exact) mass is 283 g/mol. The van der Waals surface area contributed by atoms with Crippen molar-refractivity contribution in [1.82, 2.24) is 5.32 Å². The smallest absolute Gasteiger partial charge is 0.223 e. The van der Waals surface area contributed by atoms with Crippen LogP contribution in [0.2, 0.25) is 5.02 Å².